The van der Waals surface area contributed by atoms with Crippen molar-refractivity contribution in [1.82, 2.24) is 4.90 Å². The number of hydrogen-bond donors (Lipinski definition) is 1. The van der Waals surface area contributed by atoms with E-state index in [9.17, 15) is 9.90 Å². The number of piperidine rings is 1. The van der Waals surface area contributed by atoms with Crippen LogP contribution in [-0.2, 0) is 4.79 Å². The summed E-state index contributed by atoms with van der Waals surface area (Å²) in [4.78, 5) is 16.2. The zero-order valence-electron chi connectivity index (χ0n) is 14.4. The number of rotatable bonds is 5. The summed E-state index contributed by atoms with van der Waals surface area (Å²) in [6, 6.07) is 10.1. The SMILES string of the molecule is O=C(C(Sc1ccccc1)C(O)C1CCCCC1)N1CCCCC1. The molecular weight excluding hydrogens is 318 g/mol. The minimum atomic E-state index is -0.537. The highest BCUT2D eigenvalue weighted by atomic mass is 32.2. The molecule has 3 rings (SSSR count). The first-order valence-corrected chi connectivity index (χ1v) is 10.3. The van der Waals surface area contributed by atoms with E-state index in [0.717, 1.165) is 43.7 Å². The van der Waals surface area contributed by atoms with Gasteiger partial charge in [0.05, 0.1) is 6.10 Å². The lowest BCUT2D eigenvalue weighted by Gasteiger charge is -2.35. The van der Waals surface area contributed by atoms with Crippen LogP contribution in [0.25, 0.3) is 0 Å². The Morgan fingerprint density at radius 2 is 1.62 bits per heavy atom. The highest BCUT2D eigenvalue weighted by Crippen LogP contribution is 2.35. The summed E-state index contributed by atoms with van der Waals surface area (Å²) < 4.78 is 0. The number of aliphatic hydroxyl groups is 1. The maximum Gasteiger partial charge on any atom is 0.238 e. The second-order valence-electron chi connectivity index (χ2n) is 7.13. The van der Waals surface area contributed by atoms with Gasteiger partial charge in [-0.05, 0) is 50.2 Å². The average Bonchev–Trinajstić information content (AvgIpc) is 2.67. The topological polar surface area (TPSA) is 40.5 Å². The number of carbonyl (C=O) groups is 1. The van der Waals surface area contributed by atoms with Crippen molar-refractivity contribution in [2.75, 3.05) is 13.1 Å². The molecule has 1 amide bonds. The van der Waals surface area contributed by atoms with Gasteiger partial charge in [-0.1, -0.05) is 37.5 Å². The molecule has 3 nitrogen and oxygen atoms in total. The maximum atomic E-state index is 13.1. The Bertz CT molecular complexity index is 510. The first-order chi connectivity index (χ1) is 11.8. The molecule has 2 fully saturated rings. The number of carbonyl (C=O) groups excluding carboxylic acids is 1. The minimum absolute atomic E-state index is 0.140. The molecule has 0 radical (unpaired) electrons. The van der Waals surface area contributed by atoms with Crippen molar-refractivity contribution in [2.24, 2.45) is 5.92 Å². The molecule has 1 aliphatic carbocycles. The molecule has 2 aliphatic rings. The summed E-state index contributed by atoms with van der Waals surface area (Å²) in [5, 5.41) is 10.7. The number of amides is 1. The van der Waals surface area contributed by atoms with Gasteiger partial charge < -0.3 is 10.0 Å². The highest BCUT2D eigenvalue weighted by molar-refractivity contribution is 8.00. The second-order valence-corrected chi connectivity index (χ2v) is 8.34. The van der Waals surface area contributed by atoms with E-state index in [1.807, 2.05) is 35.2 Å². The van der Waals surface area contributed by atoms with Crippen LogP contribution >= 0.6 is 11.8 Å². The lowest BCUT2D eigenvalue weighted by Crippen LogP contribution is -2.47. The molecule has 4 heteroatoms. The molecule has 0 bridgehead atoms. The summed E-state index contributed by atoms with van der Waals surface area (Å²) in [6.45, 7) is 1.70. The number of nitrogens with zero attached hydrogens (tertiary/aromatic N) is 1. The third-order valence-electron chi connectivity index (χ3n) is 5.36. The molecule has 1 saturated heterocycles. The number of aliphatic hydroxyl groups excluding tert-OH is 1. The Balaban J connectivity index is 1.75. The Hall–Kier alpha value is -1.00. The van der Waals surface area contributed by atoms with Crippen molar-refractivity contribution in [1.29, 1.82) is 0 Å². The van der Waals surface area contributed by atoms with Crippen molar-refractivity contribution < 1.29 is 9.90 Å². The predicted octanol–water partition coefficient (Wildman–Crippen LogP) is 4.10. The van der Waals surface area contributed by atoms with E-state index in [2.05, 4.69) is 0 Å². The number of hydrogen-bond acceptors (Lipinski definition) is 3. The third-order valence-corrected chi connectivity index (χ3v) is 6.64. The Morgan fingerprint density at radius 1 is 1.00 bits per heavy atom. The van der Waals surface area contributed by atoms with Gasteiger partial charge in [0.25, 0.3) is 0 Å². The second kappa shape index (κ2) is 8.91. The molecule has 1 saturated carbocycles. The molecule has 132 valence electrons. The van der Waals surface area contributed by atoms with E-state index >= 15 is 0 Å². The number of benzene rings is 1. The van der Waals surface area contributed by atoms with Crippen LogP contribution < -0.4 is 0 Å². The standard InChI is InChI=1S/C20H29NO2S/c22-18(16-10-4-1-5-11-16)19(24-17-12-6-2-7-13-17)20(23)21-14-8-3-9-15-21/h2,6-7,12-13,16,18-19,22H,1,3-5,8-11,14-15H2. The average molecular weight is 348 g/mol. The van der Waals surface area contributed by atoms with Crippen molar-refractivity contribution in [3.8, 4) is 0 Å². The van der Waals surface area contributed by atoms with Gasteiger partial charge in [0.1, 0.15) is 5.25 Å². The summed E-state index contributed by atoms with van der Waals surface area (Å²) in [5.74, 6) is 0.412. The van der Waals surface area contributed by atoms with E-state index in [0.29, 0.717) is 0 Å². The molecule has 2 unspecified atom stereocenters. The van der Waals surface area contributed by atoms with E-state index in [1.54, 1.807) is 11.8 Å². The Kier molecular flexibility index (Phi) is 6.61. The smallest absolute Gasteiger partial charge is 0.238 e. The van der Waals surface area contributed by atoms with E-state index < -0.39 is 6.10 Å². The van der Waals surface area contributed by atoms with Crippen molar-refractivity contribution in [2.45, 2.75) is 67.6 Å². The monoisotopic (exact) mass is 347 g/mol. The van der Waals surface area contributed by atoms with Crippen LogP contribution in [0.1, 0.15) is 51.4 Å². The lowest BCUT2D eigenvalue weighted by atomic mass is 9.84. The van der Waals surface area contributed by atoms with Crippen LogP contribution in [0.2, 0.25) is 0 Å². The zero-order chi connectivity index (χ0) is 16.8. The van der Waals surface area contributed by atoms with Gasteiger partial charge in [-0.3, -0.25) is 4.79 Å². The molecule has 0 aromatic heterocycles. The van der Waals surface area contributed by atoms with Gasteiger partial charge in [-0.2, -0.15) is 0 Å². The molecule has 0 spiro atoms. The zero-order valence-corrected chi connectivity index (χ0v) is 15.2. The summed E-state index contributed by atoms with van der Waals surface area (Å²) in [6.07, 6.45) is 8.60. The van der Waals surface area contributed by atoms with Crippen LogP contribution in [-0.4, -0.2) is 40.4 Å². The molecular formula is C20H29NO2S. The summed E-state index contributed by atoms with van der Waals surface area (Å²) in [5.41, 5.74) is 0. The quantitative estimate of drug-likeness (QED) is 0.815. The molecule has 1 aromatic carbocycles. The largest absolute Gasteiger partial charge is 0.391 e. The van der Waals surface area contributed by atoms with Gasteiger partial charge in [0.15, 0.2) is 0 Å². The Labute approximate surface area is 149 Å². The molecule has 1 heterocycles. The Morgan fingerprint density at radius 3 is 2.29 bits per heavy atom. The van der Waals surface area contributed by atoms with Gasteiger partial charge in [-0.25, -0.2) is 0 Å². The summed E-state index contributed by atoms with van der Waals surface area (Å²) in [7, 11) is 0. The lowest BCUT2D eigenvalue weighted by molar-refractivity contribution is -0.134. The van der Waals surface area contributed by atoms with Crippen LogP contribution in [0.3, 0.4) is 0 Å². The van der Waals surface area contributed by atoms with Crippen LogP contribution in [0.5, 0.6) is 0 Å². The fourth-order valence-corrected chi connectivity index (χ4v) is 5.15. The van der Waals surface area contributed by atoms with E-state index in [1.165, 1.54) is 25.7 Å². The fraction of sp³-hybridized carbons (Fsp3) is 0.650. The first kappa shape index (κ1) is 17.8. The normalized spacial score (nSPS) is 22.1. The van der Waals surface area contributed by atoms with Gasteiger partial charge in [0, 0.05) is 18.0 Å². The van der Waals surface area contributed by atoms with Gasteiger partial charge in [0.2, 0.25) is 5.91 Å². The van der Waals surface area contributed by atoms with Gasteiger partial charge >= 0.3 is 0 Å². The number of likely N-dealkylation sites (tertiary alicyclic amines) is 1. The van der Waals surface area contributed by atoms with Gasteiger partial charge in [-0.15, -0.1) is 11.8 Å². The molecule has 1 aromatic rings. The van der Waals surface area contributed by atoms with Crippen LogP contribution in [0.4, 0.5) is 0 Å². The minimum Gasteiger partial charge on any atom is -0.391 e. The van der Waals surface area contributed by atoms with E-state index in [-0.39, 0.29) is 17.1 Å². The molecule has 2 atom stereocenters. The fourth-order valence-electron chi connectivity index (χ4n) is 3.93. The van der Waals surface area contributed by atoms with Crippen LogP contribution in [0.15, 0.2) is 35.2 Å². The highest BCUT2D eigenvalue weighted by Gasteiger charge is 2.36. The predicted molar refractivity (Wildman–Crippen MR) is 99.1 cm³/mol. The van der Waals surface area contributed by atoms with Crippen LogP contribution in [0, 0.1) is 5.92 Å². The first-order valence-electron chi connectivity index (χ1n) is 9.44. The van der Waals surface area contributed by atoms with Crippen molar-refractivity contribution in [3.63, 3.8) is 0 Å². The summed E-state index contributed by atoms with van der Waals surface area (Å²) >= 11 is 1.55. The van der Waals surface area contributed by atoms with E-state index in [4.69, 9.17) is 0 Å². The molecule has 1 N–H and O–H groups in total. The van der Waals surface area contributed by atoms with Crippen molar-refractivity contribution >= 4 is 17.7 Å². The molecule has 1 aliphatic heterocycles. The third kappa shape index (κ3) is 4.54. The van der Waals surface area contributed by atoms with Crippen molar-refractivity contribution in [3.05, 3.63) is 30.3 Å². The number of thioether (sulfide) groups is 1. The maximum absolute atomic E-state index is 13.1. The molecule has 24 heavy (non-hydrogen) atoms.